The van der Waals surface area contributed by atoms with E-state index < -0.39 is 23.8 Å². The number of ether oxygens (including phenoxy) is 2. The lowest BCUT2D eigenvalue weighted by atomic mass is 9.74. The second-order valence-electron chi connectivity index (χ2n) is 10.2. The summed E-state index contributed by atoms with van der Waals surface area (Å²) in [6.07, 6.45) is 2.33. The van der Waals surface area contributed by atoms with Crippen LogP contribution < -0.4 is 5.32 Å². The maximum atomic E-state index is 13.6. The van der Waals surface area contributed by atoms with E-state index in [0.29, 0.717) is 29.3 Å². The minimum Gasteiger partial charge on any atom is -0.478 e. The third kappa shape index (κ3) is 6.11. The number of nitrogens with one attached hydrogen (secondary N) is 1. The second-order valence-corrected chi connectivity index (χ2v) is 10.6. The molecule has 206 valence electrons. The Morgan fingerprint density at radius 2 is 1.65 bits per heavy atom. The van der Waals surface area contributed by atoms with Crippen molar-refractivity contribution in [3.8, 4) is 11.1 Å². The van der Waals surface area contributed by atoms with Crippen LogP contribution in [0.4, 0.5) is 0 Å². The topological polar surface area (TPSA) is 102 Å². The van der Waals surface area contributed by atoms with Crippen LogP contribution in [0.5, 0.6) is 0 Å². The number of benzene rings is 3. The zero-order valence-electron chi connectivity index (χ0n) is 22.1. The summed E-state index contributed by atoms with van der Waals surface area (Å²) in [6.45, 7) is 2.47. The molecule has 2 aliphatic heterocycles. The fourth-order valence-corrected chi connectivity index (χ4v) is 5.59. The molecule has 0 aliphatic carbocycles. The smallest absolute Gasteiger partial charge is 0.336 e. The molecule has 1 unspecified atom stereocenters. The molecule has 40 heavy (non-hydrogen) atoms. The van der Waals surface area contributed by atoms with Crippen LogP contribution >= 0.6 is 11.6 Å². The largest absolute Gasteiger partial charge is 0.478 e. The molecule has 1 fully saturated rings. The van der Waals surface area contributed by atoms with Gasteiger partial charge in [-0.3, -0.25) is 4.79 Å². The maximum absolute atomic E-state index is 13.6. The van der Waals surface area contributed by atoms with Crippen LogP contribution in [0.15, 0.2) is 84.1 Å². The summed E-state index contributed by atoms with van der Waals surface area (Å²) in [5.41, 5.74) is 4.57. The van der Waals surface area contributed by atoms with Crippen LogP contribution in [-0.4, -0.2) is 35.7 Å². The highest BCUT2D eigenvalue weighted by Gasteiger charge is 2.42. The minimum atomic E-state index is -0.969. The van der Waals surface area contributed by atoms with Crippen molar-refractivity contribution in [1.82, 2.24) is 5.32 Å². The van der Waals surface area contributed by atoms with Crippen LogP contribution in [-0.2, 0) is 25.7 Å². The number of hydrogen-bond donors (Lipinski definition) is 2. The van der Waals surface area contributed by atoms with E-state index >= 15 is 0 Å². The molecule has 2 aliphatic rings. The van der Waals surface area contributed by atoms with E-state index in [4.69, 9.17) is 26.2 Å². The Labute approximate surface area is 237 Å². The summed E-state index contributed by atoms with van der Waals surface area (Å²) in [7, 11) is 0. The predicted molar refractivity (Wildman–Crippen MR) is 151 cm³/mol. The van der Waals surface area contributed by atoms with E-state index in [2.05, 4.69) is 5.32 Å². The number of carboxylic acids is 1. The molecule has 2 heterocycles. The van der Waals surface area contributed by atoms with Crippen molar-refractivity contribution in [1.29, 1.82) is 0 Å². The summed E-state index contributed by atoms with van der Waals surface area (Å²) in [4.78, 5) is 37.8. The lowest BCUT2D eigenvalue weighted by Gasteiger charge is -2.35. The summed E-state index contributed by atoms with van der Waals surface area (Å²) < 4.78 is 11.6. The van der Waals surface area contributed by atoms with E-state index in [-0.39, 0.29) is 24.2 Å². The molecule has 3 aromatic carbocycles. The van der Waals surface area contributed by atoms with Gasteiger partial charge in [-0.2, -0.15) is 0 Å². The first kappa shape index (κ1) is 27.6. The molecule has 1 saturated heterocycles. The molecule has 3 atom stereocenters. The summed E-state index contributed by atoms with van der Waals surface area (Å²) in [5, 5.41) is 12.6. The highest BCUT2D eigenvalue weighted by Crippen LogP contribution is 2.41. The highest BCUT2D eigenvalue weighted by molar-refractivity contribution is 6.30. The Hall–Kier alpha value is -3.94. The molecule has 3 aromatic rings. The summed E-state index contributed by atoms with van der Waals surface area (Å²) in [5.74, 6) is -2.55. The normalized spacial score (nSPS) is 20.8. The molecule has 0 spiro atoms. The van der Waals surface area contributed by atoms with Crippen molar-refractivity contribution in [2.75, 3.05) is 6.61 Å². The zero-order valence-corrected chi connectivity index (χ0v) is 22.8. The average molecular weight is 560 g/mol. The summed E-state index contributed by atoms with van der Waals surface area (Å²) in [6, 6.07) is 21.4. The molecular formula is C32H30ClNO6. The first-order chi connectivity index (χ1) is 19.3. The van der Waals surface area contributed by atoms with Gasteiger partial charge in [0.2, 0.25) is 5.91 Å². The minimum absolute atomic E-state index is 0.0277. The van der Waals surface area contributed by atoms with Crippen molar-refractivity contribution in [3.63, 3.8) is 0 Å². The third-order valence-corrected chi connectivity index (χ3v) is 7.80. The fourth-order valence-electron chi connectivity index (χ4n) is 5.46. The van der Waals surface area contributed by atoms with Crippen molar-refractivity contribution in [2.45, 2.75) is 44.8 Å². The Morgan fingerprint density at radius 1 is 1.00 bits per heavy atom. The molecule has 2 N–H and O–H groups in total. The fraction of sp³-hybridized carbons (Fsp3) is 0.281. The molecule has 0 saturated carbocycles. The second kappa shape index (κ2) is 12.1. The number of rotatable bonds is 8. The van der Waals surface area contributed by atoms with Gasteiger partial charge in [0, 0.05) is 23.2 Å². The van der Waals surface area contributed by atoms with Gasteiger partial charge < -0.3 is 19.9 Å². The number of halogens is 1. The van der Waals surface area contributed by atoms with Crippen molar-refractivity contribution in [2.24, 2.45) is 5.92 Å². The number of esters is 1. The molecule has 5 rings (SSSR count). The molecule has 0 bridgehead atoms. The van der Waals surface area contributed by atoms with Gasteiger partial charge in [0.15, 0.2) is 0 Å². The van der Waals surface area contributed by atoms with Crippen LogP contribution in [0.1, 0.15) is 53.6 Å². The number of amides is 1. The van der Waals surface area contributed by atoms with E-state index in [0.717, 1.165) is 35.1 Å². The Balaban J connectivity index is 1.34. The lowest BCUT2D eigenvalue weighted by molar-refractivity contribution is -0.141. The first-order valence-corrected chi connectivity index (χ1v) is 13.7. The Kier molecular flexibility index (Phi) is 8.33. The molecule has 8 heteroatoms. The standard InChI is InChI=1S/C32H30ClNO6/c1-19-28(29(23-12-14-25(33)15-13-23)27(30(35)34-19)17-26-3-2-16-39-26)32(38)40-18-20-4-6-21(7-5-20)22-8-10-24(11-9-22)31(36)37/h4-15,26-27,29H,2-3,16-18H2,1H3,(H,34,35)(H,36,37)/t26-,27?,29-/m1/s1. The monoisotopic (exact) mass is 559 g/mol. The van der Waals surface area contributed by atoms with Gasteiger partial charge in [0.1, 0.15) is 6.61 Å². The molecule has 1 amide bonds. The molecule has 0 radical (unpaired) electrons. The van der Waals surface area contributed by atoms with Gasteiger partial charge in [-0.15, -0.1) is 0 Å². The Morgan fingerprint density at radius 3 is 2.25 bits per heavy atom. The van der Waals surface area contributed by atoms with Gasteiger partial charge >= 0.3 is 11.9 Å². The van der Waals surface area contributed by atoms with Crippen molar-refractivity contribution in [3.05, 3.63) is 106 Å². The maximum Gasteiger partial charge on any atom is 0.336 e. The van der Waals surface area contributed by atoms with Gasteiger partial charge in [-0.05, 0) is 72.7 Å². The quantitative estimate of drug-likeness (QED) is 0.322. The van der Waals surface area contributed by atoms with Gasteiger partial charge in [0.05, 0.1) is 23.2 Å². The molecule has 7 nitrogen and oxygen atoms in total. The van der Waals surface area contributed by atoms with Gasteiger partial charge in [-0.25, -0.2) is 9.59 Å². The van der Waals surface area contributed by atoms with Crippen LogP contribution in [0.2, 0.25) is 5.02 Å². The van der Waals surface area contributed by atoms with Gasteiger partial charge in [0.25, 0.3) is 0 Å². The van der Waals surface area contributed by atoms with E-state index in [1.165, 1.54) is 0 Å². The average Bonchev–Trinajstić information content (AvgIpc) is 3.47. The summed E-state index contributed by atoms with van der Waals surface area (Å²) >= 11 is 6.14. The SMILES string of the molecule is CC1=C(C(=O)OCc2ccc(-c3ccc(C(=O)O)cc3)cc2)[C@H](c2ccc(Cl)cc2)C(C[C@H]2CCCO2)C(=O)N1. The number of carboxylic acid groups (broad SMARTS) is 1. The van der Waals surface area contributed by atoms with Crippen molar-refractivity contribution < 1.29 is 29.0 Å². The zero-order chi connectivity index (χ0) is 28.2. The predicted octanol–water partition coefficient (Wildman–Crippen LogP) is 6.12. The molecule has 0 aromatic heterocycles. The number of aromatic carboxylic acids is 1. The molecular weight excluding hydrogens is 530 g/mol. The first-order valence-electron chi connectivity index (χ1n) is 13.3. The number of carbonyl (C=O) groups is 3. The number of carbonyl (C=O) groups excluding carboxylic acids is 2. The van der Waals surface area contributed by atoms with E-state index in [9.17, 15) is 14.4 Å². The Bertz CT molecular complexity index is 1420. The van der Waals surface area contributed by atoms with Crippen molar-refractivity contribution >= 4 is 29.4 Å². The van der Waals surface area contributed by atoms with E-state index in [1.54, 1.807) is 43.3 Å². The van der Waals surface area contributed by atoms with Crippen LogP contribution in [0.3, 0.4) is 0 Å². The van der Waals surface area contributed by atoms with Gasteiger partial charge in [-0.1, -0.05) is 60.1 Å². The number of hydrogen-bond acceptors (Lipinski definition) is 5. The van der Waals surface area contributed by atoms with Crippen LogP contribution in [0, 0.1) is 5.92 Å². The lowest BCUT2D eigenvalue weighted by Crippen LogP contribution is -2.43. The third-order valence-electron chi connectivity index (χ3n) is 7.54. The van der Waals surface area contributed by atoms with Crippen LogP contribution in [0.25, 0.3) is 11.1 Å². The highest BCUT2D eigenvalue weighted by atomic mass is 35.5. The number of allylic oxidation sites excluding steroid dienone is 1. The van der Waals surface area contributed by atoms with E-state index in [1.807, 2.05) is 36.4 Å².